The number of anilines is 1. The molecule has 15 heavy (non-hydrogen) atoms. The first-order valence-corrected chi connectivity index (χ1v) is 6.32. The van der Waals surface area contributed by atoms with Crippen LogP contribution >= 0.6 is 11.5 Å². The summed E-state index contributed by atoms with van der Waals surface area (Å²) in [7, 11) is 0. The summed E-state index contributed by atoms with van der Waals surface area (Å²) < 4.78 is 4.23. The first-order chi connectivity index (χ1) is 7.28. The van der Waals surface area contributed by atoms with Gasteiger partial charge in [-0.3, -0.25) is 0 Å². The maximum atomic E-state index is 9.38. The highest BCUT2D eigenvalue weighted by Crippen LogP contribution is 2.22. The Morgan fingerprint density at radius 2 is 2.13 bits per heavy atom. The second kappa shape index (κ2) is 4.90. The summed E-state index contributed by atoms with van der Waals surface area (Å²) in [5.74, 6) is 0.915. The van der Waals surface area contributed by atoms with Crippen molar-refractivity contribution in [2.45, 2.75) is 51.2 Å². The van der Waals surface area contributed by atoms with Crippen LogP contribution in [0.25, 0.3) is 0 Å². The Morgan fingerprint density at radius 1 is 1.40 bits per heavy atom. The van der Waals surface area contributed by atoms with E-state index in [1.54, 1.807) is 0 Å². The van der Waals surface area contributed by atoms with E-state index in [-0.39, 0.29) is 6.10 Å². The number of rotatable bonds is 3. The second-order valence-corrected chi connectivity index (χ2v) is 4.77. The lowest BCUT2D eigenvalue weighted by molar-refractivity contribution is 0.126. The van der Waals surface area contributed by atoms with Crippen molar-refractivity contribution in [2.24, 2.45) is 0 Å². The Morgan fingerprint density at radius 3 is 2.73 bits per heavy atom. The Bertz CT molecular complexity index is 307. The van der Waals surface area contributed by atoms with Crippen molar-refractivity contribution in [2.75, 3.05) is 5.32 Å². The van der Waals surface area contributed by atoms with Gasteiger partial charge in [0.15, 0.2) is 0 Å². The Labute approximate surface area is 93.9 Å². The third-order valence-electron chi connectivity index (χ3n) is 2.81. The van der Waals surface area contributed by atoms with Crippen LogP contribution < -0.4 is 5.32 Å². The maximum Gasteiger partial charge on any atom is 0.202 e. The summed E-state index contributed by atoms with van der Waals surface area (Å²) in [5, 5.41) is 13.7. The number of aliphatic hydroxyl groups excluding tert-OH is 1. The van der Waals surface area contributed by atoms with Gasteiger partial charge in [-0.05, 0) is 25.7 Å². The van der Waals surface area contributed by atoms with Crippen molar-refractivity contribution in [1.82, 2.24) is 9.36 Å². The van der Waals surface area contributed by atoms with E-state index in [1.807, 2.05) is 0 Å². The van der Waals surface area contributed by atoms with Crippen LogP contribution in [0.2, 0.25) is 0 Å². The third-order valence-corrected chi connectivity index (χ3v) is 3.49. The van der Waals surface area contributed by atoms with Crippen LogP contribution in [0, 0.1) is 0 Å². The predicted octanol–water partition coefficient (Wildman–Crippen LogP) is 1.82. The van der Waals surface area contributed by atoms with Crippen molar-refractivity contribution in [3.05, 3.63) is 5.82 Å². The highest BCUT2D eigenvalue weighted by atomic mass is 32.1. The lowest BCUT2D eigenvalue weighted by Gasteiger charge is -2.25. The number of aliphatic hydroxyl groups is 1. The van der Waals surface area contributed by atoms with Crippen LogP contribution in [-0.4, -0.2) is 26.6 Å². The number of aryl methyl sites for hydroxylation is 1. The van der Waals surface area contributed by atoms with Crippen LogP contribution in [0.5, 0.6) is 0 Å². The second-order valence-electron chi connectivity index (χ2n) is 4.02. The molecule has 1 saturated carbocycles. The zero-order chi connectivity index (χ0) is 10.7. The lowest BCUT2D eigenvalue weighted by atomic mass is 9.93. The lowest BCUT2D eigenvalue weighted by Crippen LogP contribution is -2.28. The fourth-order valence-electron chi connectivity index (χ4n) is 1.85. The first-order valence-electron chi connectivity index (χ1n) is 5.55. The van der Waals surface area contributed by atoms with Gasteiger partial charge >= 0.3 is 0 Å². The molecule has 0 radical (unpaired) electrons. The van der Waals surface area contributed by atoms with Gasteiger partial charge in [-0.25, -0.2) is 4.98 Å². The van der Waals surface area contributed by atoms with Gasteiger partial charge in [0, 0.05) is 24.0 Å². The molecule has 1 aliphatic rings. The first kappa shape index (κ1) is 10.8. The monoisotopic (exact) mass is 227 g/mol. The average Bonchev–Trinajstić information content (AvgIpc) is 2.69. The minimum absolute atomic E-state index is 0.0938. The molecule has 0 aromatic carbocycles. The number of hydrogen-bond donors (Lipinski definition) is 2. The summed E-state index contributed by atoms with van der Waals surface area (Å²) in [6, 6.07) is 0.464. The van der Waals surface area contributed by atoms with Gasteiger partial charge in [-0.2, -0.15) is 4.37 Å². The van der Waals surface area contributed by atoms with E-state index < -0.39 is 0 Å². The highest BCUT2D eigenvalue weighted by molar-refractivity contribution is 7.09. The fourth-order valence-corrected chi connectivity index (χ4v) is 2.58. The quantitative estimate of drug-likeness (QED) is 0.827. The van der Waals surface area contributed by atoms with E-state index in [0.717, 1.165) is 43.1 Å². The van der Waals surface area contributed by atoms with Gasteiger partial charge < -0.3 is 10.4 Å². The molecule has 2 N–H and O–H groups in total. The average molecular weight is 227 g/mol. The van der Waals surface area contributed by atoms with Crippen molar-refractivity contribution < 1.29 is 5.11 Å². The van der Waals surface area contributed by atoms with E-state index >= 15 is 0 Å². The normalized spacial score (nSPS) is 26.5. The molecule has 1 heterocycles. The molecule has 1 aliphatic carbocycles. The Balaban J connectivity index is 1.86. The van der Waals surface area contributed by atoms with Crippen LogP contribution in [0.1, 0.15) is 38.4 Å². The van der Waals surface area contributed by atoms with E-state index in [1.165, 1.54) is 11.5 Å². The summed E-state index contributed by atoms with van der Waals surface area (Å²) >= 11 is 1.43. The maximum absolute atomic E-state index is 9.38. The number of aromatic nitrogens is 2. The molecule has 5 heteroatoms. The predicted molar refractivity (Wildman–Crippen MR) is 61.2 cm³/mol. The van der Waals surface area contributed by atoms with Gasteiger partial charge in [0.25, 0.3) is 0 Å². The van der Waals surface area contributed by atoms with Gasteiger partial charge in [0.05, 0.1) is 6.10 Å². The summed E-state index contributed by atoms with van der Waals surface area (Å²) in [4.78, 5) is 4.38. The molecule has 0 bridgehead atoms. The van der Waals surface area contributed by atoms with Gasteiger partial charge in [-0.15, -0.1) is 0 Å². The molecular formula is C10H17N3OS. The van der Waals surface area contributed by atoms with Crippen LogP contribution in [0.15, 0.2) is 0 Å². The number of nitrogens with one attached hydrogen (secondary N) is 1. The SMILES string of the molecule is CCc1nsc(NC2CCC(O)CC2)n1. The zero-order valence-corrected chi connectivity index (χ0v) is 9.76. The van der Waals surface area contributed by atoms with E-state index in [2.05, 4.69) is 21.6 Å². The highest BCUT2D eigenvalue weighted by Gasteiger charge is 2.19. The van der Waals surface area contributed by atoms with Crippen LogP contribution in [-0.2, 0) is 6.42 Å². The molecule has 0 atom stereocenters. The van der Waals surface area contributed by atoms with Crippen LogP contribution in [0.4, 0.5) is 5.13 Å². The largest absolute Gasteiger partial charge is 0.393 e. The van der Waals surface area contributed by atoms with Gasteiger partial charge in [0.1, 0.15) is 5.82 Å². The minimum Gasteiger partial charge on any atom is -0.393 e. The Kier molecular flexibility index (Phi) is 3.53. The molecule has 0 spiro atoms. The number of hydrogen-bond acceptors (Lipinski definition) is 5. The van der Waals surface area contributed by atoms with Crippen molar-refractivity contribution in [3.63, 3.8) is 0 Å². The van der Waals surface area contributed by atoms with Crippen molar-refractivity contribution in [3.8, 4) is 0 Å². The molecule has 1 aromatic heterocycles. The standard InChI is InChI=1S/C10H17N3OS/c1-2-9-12-10(15-13-9)11-7-3-5-8(14)6-4-7/h7-8,14H,2-6H2,1H3,(H,11,12,13). The third kappa shape index (κ3) is 2.89. The molecular weight excluding hydrogens is 210 g/mol. The van der Waals surface area contributed by atoms with Crippen molar-refractivity contribution >= 4 is 16.7 Å². The molecule has 84 valence electrons. The van der Waals surface area contributed by atoms with E-state index in [4.69, 9.17) is 0 Å². The molecule has 1 aromatic rings. The molecule has 1 fully saturated rings. The Hall–Kier alpha value is -0.680. The molecule has 4 nitrogen and oxygen atoms in total. The minimum atomic E-state index is -0.0938. The zero-order valence-electron chi connectivity index (χ0n) is 8.94. The summed E-state index contributed by atoms with van der Waals surface area (Å²) in [5.41, 5.74) is 0. The fraction of sp³-hybridized carbons (Fsp3) is 0.800. The molecule has 0 saturated heterocycles. The molecule has 0 amide bonds. The number of nitrogens with zero attached hydrogens (tertiary/aromatic N) is 2. The molecule has 2 rings (SSSR count). The van der Waals surface area contributed by atoms with E-state index in [0.29, 0.717) is 6.04 Å². The molecule has 0 aliphatic heterocycles. The molecule has 0 unspecified atom stereocenters. The van der Waals surface area contributed by atoms with Crippen molar-refractivity contribution in [1.29, 1.82) is 0 Å². The van der Waals surface area contributed by atoms with Gasteiger partial charge in [0.2, 0.25) is 5.13 Å². The van der Waals surface area contributed by atoms with Gasteiger partial charge in [-0.1, -0.05) is 6.92 Å². The summed E-state index contributed by atoms with van der Waals surface area (Å²) in [6.45, 7) is 2.06. The smallest absolute Gasteiger partial charge is 0.202 e. The van der Waals surface area contributed by atoms with E-state index in [9.17, 15) is 5.11 Å². The van der Waals surface area contributed by atoms with Crippen LogP contribution in [0.3, 0.4) is 0 Å². The topological polar surface area (TPSA) is 58.0 Å². The summed E-state index contributed by atoms with van der Waals surface area (Å²) in [6.07, 6.45) is 4.66.